The first-order chi connectivity index (χ1) is 4.84. The van der Waals surface area contributed by atoms with Crippen molar-refractivity contribution in [3.05, 3.63) is 0 Å². The standard InChI is InChI=1S/C6H15N3O/c1-6(10-2)9-4-7-3-8-5-9/h6-8H,3-5H2,1-2H3. The van der Waals surface area contributed by atoms with Crippen LogP contribution in [0.25, 0.3) is 0 Å². The van der Waals surface area contributed by atoms with E-state index in [4.69, 9.17) is 4.74 Å². The fourth-order valence-corrected chi connectivity index (χ4v) is 0.949. The smallest absolute Gasteiger partial charge is 0.109 e. The molecule has 1 fully saturated rings. The Labute approximate surface area is 61.5 Å². The van der Waals surface area contributed by atoms with E-state index < -0.39 is 0 Å². The third-order valence-corrected chi connectivity index (χ3v) is 1.74. The highest BCUT2D eigenvalue weighted by Gasteiger charge is 2.13. The first-order valence-electron chi connectivity index (χ1n) is 3.53. The van der Waals surface area contributed by atoms with Gasteiger partial charge in [-0.05, 0) is 6.92 Å². The molecule has 1 heterocycles. The Kier molecular flexibility index (Phi) is 3.08. The molecular formula is C6H15N3O. The Morgan fingerprint density at radius 3 is 2.50 bits per heavy atom. The molecule has 4 heteroatoms. The Balaban J connectivity index is 2.24. The van der Waals surface area contributed by atoms with Gasteiger partial charge in [-0.25, -0.2) is 0 Å². The van der Waals surface area contributed by atoms with Crippen LogP contribution in [0.4, 0.5) is 0 Å². The van der Waals surface area contributed by atoms with Crippen molar-refractivity contribution in [1.82, 2.24) is 15.5 Å². The average molecular weight is 145 g/mol. The SMILES string of the molecule is COC(C)N1CNCNC1. The van der Waals surface area contributed by atoms with Crippen molar-refractivity contribution in [1.29, 1.82) is 0 Å². The molecule has 2 N–H and O–H groups in total. The number of ether oxygens (including phenoxy) is 1. The highest BCUT2D eigenvalue weighted by atomic mass is 16.5. The first-order valence-corrected chi connectivity index (χ1v) is 3.53. The molecule has 1 aliphatic rings. The zero-order valence-corrected chi connectivity index (χ0v) is 6.55. The lowest BCUT2D eigenvalue weighted by Gasteiger charge is -2.32. The first kappa shape index (κ1) is 7.94. The summed E-state index contributed by atoms with van der Waals surface area (Å²) in [7, 11) is 1.72. The number of nitrogens with zero attached hydrogens (tertiary/aromatic N) is 1. The number of nitrogens with one attached hydrogen (secondary N) is 2. The molecule has 0 aromatic rings. The number of hydrogen-bond acceptors (Lipinski definition) is 4. The molecule has 1 saturated heterocycles. The third kappa shape index (κ3) is 1.91. The van der Waals surface area contributed by atoms with Crippen LogP contribution in [0.2, 0.25) is 0 Å². The topological polar surface area (TPSA) is 36.5 Å². The Morgan fingerprint density at radius 1 is 1.40 bits per heavy atom. The molecule has 60 valence electrons. The lowest BCUT2D eigenvalue weighted by Crippen LogP contribution is -2.54. The van der Waals surface area contributed by atoms with Gasteiger partial charge in [0.05, 0.1) is 13.3 Å². The van der Waals surface area contributed by atoms with Gasteiger partial charge in [0.2, 0.25) is 0 Å². The molecule has 1 rings (SSSR count). The van der Waals surface area contributed by atoms with Crippen LogP contribution in [-0.4, -0.2) is 38.2 Å². The molecule has 1 unspecified atom stereocenters. The Hall–Kier alpha value is -0.160. The monoisotopic (exact) mass is 145 g/mol. The summed E-state index contributed by atoms with van der Waals surface area (Å²) in [6.07, 6.45) is 0.195. The van der Waals surface area contributed by atoms with Gasteiger partial charge in [0, 0.05) is 13.8 Å². The van der Waals surface area contributed by atoms with E-state index in [1.165, 1.54) is 0 Å². The van der Waals surface area contributed by atoms with E-state index in [1.54, 1.807) is 7.11 Å². The minimum Gasteiger partial charge on any atom is -0.367 e. The molecule has 0 spiro atoms. The van der Waals surface area contributed by atoms with Gasteiger partial charge in [-0.15, -0.1) is 0 Å². The highest BCUT2D eigenvalue weighted by molar-refractivity contribution is 4.61. The van der Waals surface area contributed by atoms with Crippen LogP contribution in [0.15, 0.2) is 0 Å². The Bertz CT molecular complexity index is 93.0. The van der Waals surface area contributed by atoms with Crippen molar-refractivity contribution in [3.63, 3.8) is 0 Å². The summed E-state index contributed by atoms with van der Waals surface area (Å²) in [5.41, 5.74) is 0. The second kappa shape index (κ2) is 3.88. The molecule has 0 aromatic heterocycles. The predicted octanol–water partition coefficient (Wildman–Crippen LogP) is -0.654. The molecule has 0 saturated carbocycles. The van der Waals surface area contributed by atoms with Crippen LogP contribution in [0.3, 0.4) is 0 Å². The van der Waals surface area contributed by atoms with Crippen molar-refractivity contribution in [3.8, 4) is 0 Å². The molecule has 4 nitrogen and oxygen atoms in total. The maximum atomic E-state index is 5.14. The van der Waals surface area contributed by atoms with E-state index in [-0.39, 0.29) is 6.23 Å². The van der Waals surface area contributed by atoms with Gasteiger partial charge >= 0.3 is 0 Å². The summed E-state index contributed by atoms with van der Waals surface area (Å²) < 4.78 is 5.14. The fourth-order valence-electron chi connectivity index (χ4n) is 0.949. The van der Waals surface area contributed by atoms with Gasteiger partial charge < -0.3 is 4.74 Å². The van der Waals surface area contributed by atoms with Gasteiger partial charge in [-0.3, -0.25) is 15.5 Å². The quantitative estimate of drug-likeness (QED) is 0.541. The molecule has 1 aliphatic heterocycles. The van der Waals surface area contributed by atoms with Crippen molar-refractivity contribution < 1.29 is 4.74 Å². The van der Waals surface area contributed by atoms with E-state index in [0.29, 0.717) is 0 Å². The number of rotatable bonds is 2. The largest absolute Gasteiger partial charge is 0.367 e. The van der Waals surface area contributed by atoms with E-state index in [1.807, 2.05) is 6.92 Å². The van der Waals surface area contributed by atoms with E-state index in [0.717, 1.165) is 20.0 Å². The molecular weight excluding hydrogens is 130 g/mol. The minimum atomic E-state index is 0.195. The summed E-state index contributed by atoms with van der Waals surface area (Å²) >= 11 is 0. The van der Waals surface area contributed by atoms with Crippen molar-refractivity contribution in [2.75, 3.05) is 27.1 Å². The van der Waals surface area contributed by atoms with E-state index >= 15 is 0 Å². The third-order valence-electron chi connectivity index (χ3n) is 1.74. The van der Waals surface area contributed by atoms with Crippen LogP contribution < -0.4 is 10.6 Å². The minimum absolute atomic E-state index is 0.195. The molecule has 0 aliphatic carbocycles. The van der Waals surface area contributed by atoms with Crippen LogP contribution in [-0.2, 0) is 4.74 Å². The summed E-state index contributed by atoms with van der Waals surface area (Å²) in [6.45, 7) is 4.74. The van der Waals surface area contributed by atoms with Crippen molar-refractivity contribution in [2.45, 2.75) is 13.2 Å². The zero-order chi connectivity index (χ0) is 7.40. The number of hydrogen-bond donors (Lipinski definition) is 2. The van der Waals surface area contributed by atoms with Crippen LogP contribution in [0, 0.1) is 0 Å². The molecule has 0 amide bonds. The second-order valence-electron chi connectivity index (χ2n) is 2.42. The summed E-state index contributed by atoms with van der Waals surface area (Å²) in [6, 6.07) is 0. The molecule has 1 atom stereocenters. The van der Waals surface area contributed by atoms with E-state index in [9.17, 15) is 0 Å². The zero-order valence-electron chi connectivity index (χ0n) is 6.55. The lowest BCUT2D eigenvalue weighted by atomic mass is 10.5. The highest BCUT2D eigenvalue weighted by Crippen LogP contribution is 1.97. The fraction of sp³-hybridized carbons (Fsp3) is 1.00. The molecule has 0 aromatic carbocycles. The van der Waals surface area contributed by atoms with Gasteiger partial charge in [0.1, 0.15) is 6.23 Å². The Morgan fingerprint density at radius 2 is 2.00 bits per heavy atom. The van der Waals surface area contributed by atoms with Gasteiger partial charge in [-0.1, -0.05) is 0 Å². The van der Waals surface area contributed by atoms with Gasteiger partial charge in [0.25, 0.3) is 0 Å². The van der Waals surface area contributed by atoms with Crippen molar-refractivity contribution in [2.24, 2.45) is 0 Å². The van der Waals surface area contributed by atoms with Crippen molar-refractivity contribution >= 4 is 0 Å². The van der Waals surface area contributed by atoms with Crippen LogP contribution >= 0.6 is 0 Å². The molecule has 0 bridgehead atoms. The normalized spacial score (nSPS) is 24.6. The number of methoxy groups -OCH3 is 1. The summed E-state index contributed by atoms with van der Waals surface area (Å²) in [5, 5.41) is 6.37. The van der Waals surface area contributed by atoms with Crippen LogP contribution in [0.1, 0.15) is 6.92 Å². The summed E-state index contributed by atoms with van der Waals surface area (Å²) in [4.78, 5) is 2.17. The maximum Gasteiger partial charge on any atom is 0.109 e. The second-order valence-corrected chi connectivity index (χ2v) is 2.42. The molecule has 10 heavy (non-hydrogen) atoms. The molecule has 0 radical (unpaired) electrons. The van der Waals surface area contributed by atoms with E-state index in [2.05, 4.69) is 15.5 Å². The average Bonchev–Trinajstić information content (AvgIpc) is 2.05. The van der Waals surface area contributed by atoms with Gasteiger partial charge in [-0.2, -0.15) is 0 Å². The predicted molar refractivity (Wildman–Crippen MR) is 39.2 cm³/mol. The summed E-state index contributed by atoms with van der Waals surface area (Å²) in [5.74, 6) is 0. The van der Waals surface area contributed by atoms with Crippen LogP contribution in [0.5, 0.6) is 0 Å². The van der Waals surface area contributed by atoms with Gasteiger partial charge in [0.15, 0.2) is 0 Å². The maximum absolute atomic E-state index is 5.14. The lowest BCUT2D eigenvalue weighted by molar-refractivity contribution is -0.0374.